The molecule has 1 N–H and O–H groups in total. The standard InChI is InChI=1S/C11H12N2O4/c1-13-10(14)8-6(12-11(13)15)4-5-7(16-2)9(8)17-3/h4-5H,1-3H3,(H,12,15). The molecule has 0 aliphatic heterocycles. The van der Waals surface area contributed by atoms with Crippen molar-refractivity contribution in [2.24, 2.45) is 7.05 Å². The molecule has 0 saturated carbocycles. The van der Waals surface area contributed by atoms with Crippen LogP contribution in [0.1, 0.15) is 0 Å². The molecule has 6 nitrogen and oxygen atoms in total. The molecule has 0 atom stereocenters. The highest BCUT2D eigenvalue weighted by atomic mass is 16.5. The minimum absolute atomic E-state index is 0.300. The maximum Gasteiger partial charge on any atom is 0.328 e. The summed E-state index contributed by atoms with van der Waals surface area (Å²) in [6.45, 7) is 0. The van der Waals surface area contributed by atoms with Crippen molar-refractivity contribution < 1.29 is 9.47 Å². The fraction of sp³-hybridized carbons (Fsp3) is 0.273. The van der Waals surface area contributed by atoms with Crippen LogP contribution in [0.2, 0.25) is 0 Å². The van der Waals surface area contributed by atoms with Gasteiger partial charge in [0.2, 0.25) is 0 Å². The molecule has 1 aromatic carbocycles. The lowest BCUT2D eigenvalue weighted by Gasteiger charge is -2.10. The van der Waals surface area contributed by atoms with E-state index in [0.29, 0.717) is 22.4 Å². The normalized spacial score (nSPS) is 10.5. The second-order valence-electron chi connectivity index (χ2n) is 3.52. The van der Waals surface area contributed by atoms with Crippen LogP contribution in [0, 0.1) is 0 Å². The van der Waals surface area contributed by atoms with Crippen molar-refractivity contribution in [2.75, 3.05) is 14.2 Å². The molecule has 1 aromatic heterocycles. The number of nitrogens with zero attached hydrogens (tertiary/aromatic N) is 1. The summed E-state index contributed by atoms with van der Waals surface area (Å²) in [5, 5.41) is 0.300. The minimum atomic E-state index is -0.463. The molecule has 0 radical (unpaired) electrons. The first kappa shape index (κ1) is 11.3. The molecule has 0 spiro atoms. The molecule has 17 heavy (non-hydrogen) atoms. The summed E-state index contributed by atoms with van der Waals surface area (Å²) in [6, 6.07) is 3.25. The van der Waals surface area contributed by atoms with Crippen LogP contribution in [0.5, 0.6) is 11.5 Å². The number of rotatable bonds is 2. The summed E-state index contributed by atoms with van der Waals surface area (Å²) >= 11 is 0. The van der Waals surface area contributed by atoms with Crippen molar-refractivity contribution in [1.82, 2.24) is 9.55 Å². The molecule has 2 aromatic rings. The molecule has 90 valence electrons. The number of benzene rings is 1. The van der Waals surface area contributed by atoms with E-state index in [2.05, 4.69) is 4.98 Å². The van der Waals surface area contributed by atoms with Gasteiger partial charge in [0, 0.05) is 7.05 Å². The second-order valence-corrected chi connectivity index (χ2v) is 3.52. The number of hydrogen-bond acceptors (Lipinski definition) is 4. The first-order chi connectivity index (χ1) is 8.10. The second kappa shape index (κ2) is 3.97. The van der Waals surface area contributed by atoms with Crippen molar-refractivity contribution in [3.8, 4) is 11.5 Å². The number of ether oxygens (including phenoxy) is 2. The monoisotopic (exact) mass is 236 g/mol. The van der Waals surface area contributed by atoms with E-state index in [0.717, 1.165) is 4.57 Å². The van der Waals surface area contributed by atoms with Gasteiger partial charge in [-0.2, -0.15) is 0 Å². The first-order valence-electron chi connectivity index (χ1n) is 4.94. The maximum atomic E-state index is 12.0. The third kappa shape index (κ3) is 1.57. The Morgan fingerprint density at radius 3 is 2.47 bits per heavy atom. The molecule has 2 rings (SSSR count). The molecular formula is C11H12N2O4. The van der Waals surface area contributed by atoms with Gasteiger partial charge in [0.1, 0.15) is 5.39 Å². The van der Waals surface area contributed by atoms with E-state index in [4.69, 9.17) is 9.47 Å². The summed E-state index contributed by atoms with van der Waals surface area (Å²) < 4.78 is 11.3. The van der Waals surface area contributed by atoms with Crippen molar-refractivity contribution >= 4 is 10.9 Å². The Morgan fingerprint density at radius 1 is 1.18 bits per heavy atom. The molecule has 0 unspecified atom stereocenters. The fourth-order valence-corrected chi connectivity index (χ4v) is 1.70. The third-order valence-corrected chi connectivity index (χ3v) is 2.61. The number of aromatic amines is 1. The van der Waals surface area contributed by atoms with Gasteiger partial charge in [0.25, 0.3) is 5.56 Å². The summed E-state index contributed by atoms with van der Waals surface area (Å²) in [5.74, 6) is 0.769. The molecule has 0 amide bonds. The zero-order chi connectivity index (χ0) is 12.6. The van der Waals surface area contributed by atoms with Crippen molar-refractivity contribution in [2.45, 2.75) is 0 Å². The number of nitrogens with one attached hydrogen (secondary N) is 1. The van der Waals surface area contributed by atoms with Crippen molar-refractivity contribution in [1.29, 1.82) is 0 Å². The molecule has 0 aliphatic rings. The Labute approximate surface area is 96.4 Å². The average Bonchev–Trinajstić information content (AvgIpc) is 2.34. The lowest BCUT2D eigenvalue weighted by Crippen LogP contribution is -2.32. The van der Waals surface area contributed by atoms with E-state index in [1.54, 1.807) is 12.1 Å². The summed E-state index contributed by atoms with van der Waals surface area (Å²) in [6.07, 6.45) is 0. The summed E-state index contributed by atoms with van der Waals surface area (Å²) in [5.41, 5.74) is -0.454. The van der Waals surface area contributed by atoms with Gasteiger partial charge in [-0.25, -0.2) is 4.79 Å². The number of H-pyrrole nitrogens is 1. The third-order valence-electron chi connectivity index (χ3n) is 2.61. The first-order valence-corrected chi connectivity index (χ1v) is 4.94. The molecule has 0 aliphatic carbocycles. The maximum absolute atomic E-state index is 12.0. The van der Waals surface area contributed by atoms with Gasteiger partial charge in [0.15, 0.2) is 11.5 Å². The molecule has 0 fully saturated rings. The smallest absolute Gasteiger partial charge is 0.328 e. The minimum Gasteiger partial charge on any atom is -0.493 e. The van der Waals surface area contributed by atoms with E-state index in [9.17, 15) is 9.59 Å². The molecular weight excluding hydrogens is 224 g/mol. The van der Waals surface area contributed by atoms with Crippen LogP contribution < -0.4 is 20.7 Å². The number of aromatic nitrogens is 2. The lowest BCUT2D eigenvalue weighted by molar-refractivity contribution is 0.358. The molecule has 0 bridgehead atoms. The van der Waals surface area contributed by atoms with Crippen LogP contribution >= 0.6 is 0 Å². The SMILES string of the molecule is COc1ccc2[nH]c(=O)n(C)c(=O)c2c1OC. The number of hydrogen-bond donors (Lipinski definition) is 1. The van der Waals surface area contributed by atoms with Crippen LogP contribution in [-0.4, -0.2) is 23.8 Å². The highest BCUT2D eigenvalue weighted by molar-refractivity contribution is 5.86. The van der Waals surface area contributed by atoms with Gasteiger partial charge in [-0.3, -0.25) is 9.36 Å². The Kier molecular flexibility index (Phi) is 2.63. The van der Waals surface area contributed by atoms with E-state index in [-0.39, 0.29) is 0 Å². The predicted molar refractivity (Wildman–Crippen MR) is 62.9 cm³/mol. The largest absolute Gasteiger partial charge is 0.493 e. The van der Waals surface area contributed by atoms with E-state index < -0.39 is 11.2 Å². The fourth-order valence-electron chi connectivity index (χ4n) is 1.70. The van der Waals surface area contributed by atoms with Crippen LogP contribution in [-0.2, 0) is 7.05 Å². The van der Waals surface area contributed by atoms with Gasteiger partial charge >= 0.3 is 5.69 Å². The van der Waals surface area contributed by atoms with Crippen molar-refractivity contribution in [3.05, 3.63) is 33.0 Å². The Balaban J connectivity index is 3.03. The van der Waals surface area contributed by atoms with Crippen molar-refractivity contribution in [3.63, 3.8) is 0 Å². The van der Waals surface area contributed by atoms with Gasteiger partial charge < -0.3 is 14.5 Å². The number of fused-ring (bicyclic) bond motifs is 1. The molecule has 1 heterocycles. The molecule has 6 heteroatoms. The van der Waals surface area contributed by atoms with Gasteiger partial charge in [-0.1, -0.05) is 0 Å². The Morgan fingerprint density at radius 2 is 1.88 bits per heavy atom. The van der Waals surface area contributed by atoms with E-state index in [1.165, 1.54) is 21.3 Å². The zero-order valence-corrected chi connectivity index (χ0v) is 9.73. The predicted octanol–water partition coefficient (Wildman–Crippen LogP) is 0.244. The van der Waals surface area contributed by atoms with Crippen LogP contribution in [0.3, 0.4) is 0 Å². The zero-order valence-electron chi connectivity index (χ0n) is 9.73. The number of methoxy groups -OCH3 is 2. The van der Waals surface area contributed by atoms with Gasteiger partial charge in [-0.15, -0.1) is 0 Å². The van der Waals surface area contributed by atoms with Gasteiger partial charge in [-0.05, 0) is 12.1 Å². The Hall–Kier alpha value is -2.24. The highest BCUT2D eigenvalue weighted by Crippen LogP contribution is 2.31. The van der Waals surface area contributed by atoms with Gasteiger partial charge in [0.05, 0.1) is 19.7 Å². The van der Waals surface area contributed by atoms with E-state index >= 15 is 0 Å². The lowest BCUT2D eigenvalue weighted by atomic mass is 10.2. The van der Waals surface area contributed by atoms with Crippen LogP contribution in [0.25, 0.3) is 10.9 Å². The van der Waals surface area contributed by atoms with Crippen LogP contribution in [0.4, 0.5) is 0 Å². The van der Waals surface area contributed by atoms with E-state index in [1.807, 2.05) is 0 Å². The highest BCUT2D eigenvalue weighted by Gasteiger charge is 2.14. The topological polar surface area (TPSA) is 73.3 Å². The van der Waals surface area contributed by atoms with Crippen LogP contribution in [0.15, 0.2) is 21.7 Å². The molecule has 0 saturated heterocycles. The quantitative estimate of drug-likeness (QED) is 0.810. The average molecular weight is 236 g/mol. The summed E-state index contributed by atoms with van der Waals surface area (Å²) in [4.78, 5) is 26.0. The Bertz CT molecular complexity index is 684. The summed E-state index contributed by atoms with van der Waals surface area (Å²) in [7, 11) is 4.33.